The van der Waals surface area contributed by atoms with E-state index in [1.807, 2.05) is 23.1 Å². The number of amides is 2. The fourth-order valence-corrected chi connectivity index (χ4v) is 6.00. The summed E-state index contributed by atoms with van der Waals surface area (Å²) < 4.78 is 46.4. The first kappa shape index (κ1) is 31.1. The highest BCUT2D eigenvalue weighted by atomic mass is 32.2. The molecule has 1 N–H and O–H groups in total. The predicted molar refractivity (Wildman–Crippen MR) is 161 cm³/mol. The van der Waals surface area contributed by atoms with Crippen molar-refractivity contribution in [2.75, 3.05) is 26.0 Å². The summed E-state index contributed by atoms with van der Waals surface area (Å²) in [6.45, 7) is 1.30. The van der Waals surface area contributed by atoms with Crippen LogP contribution in [0, 0.1) is 5.92 Å². The molecule has 8 nitrogen and oxygen atoms in total. The lowest BCUT2D eigenvalue weighted by Crippen LogP contribution is -2.39. The number of carbonyl (C=O) groups is 2. The van der Waals surface area contributed by atoms with E-state index in [0.717, 1.165) is 43.2 Å². The number of ether oxygens (including phenoxy) is 1. The lowest BCUT2D eigenvalue weighted by molar-refractivity contribution is -0.137. The average Bonchev–Trinajstić information content (AvgIpc) is 3.45. The third kappa shape index (κ3) is 7.79. The molecule has 2 heterocycles. The van der Waals surface area contributed by atoms with Gasteiger partial charge in [-0.2, -0.15) is 13.2 Å². The average molecular weight is 624 g/mol. The molecule has 1 aliphatic heterocycles. The number of hydrogen-bond donors (Lipinski definition) is 1. The van der Waals surface area contributed by atoms with Crippen LogP contribution in [0.5, 0.6) is 5.75 Å². The topological polar surface area (TPSA) is 89.3 Å². The molecule has 0 radical (unpaired) electrons. The molecule has 1 aliphatic rings. The van der Waals surface area contributed by atoms with Crippen molar-refractivity contribution in [1.82, 2.24) is 25.0 Å². The van der Waals surface area contributed by atoms with Gasteiger partial charge >= 0.3 is 6.18 Å². The minimum absolute atomic E-state index is 0.0375. The number of nitrogens with one attached hydrogen (secondary N) is 1. The minimum Gasteiger partial charge on any atom is -0.497 e. The zero-order chi connectivity index (χ0) is 31.1. The molecular weight excluding hydrogens is 591 g/mol. The number of benzene rings is 3. The highest BCUT2D eigenvalue weighted by molar-refractivity contribution is 7.99. The maximum Gasteiger partial charge on any atom is 0.416 e. The second-order valence-electron chi connectivity index (χ2n) is 10.5. The van der Waals surface area contributed by atoms with Crippen molar-refractivity contribution in [2.45, 2.75) is 37.1 Å². The molecule has 0 aliphatic carbocycles. The summed E-state index contributed by atoms with van der Waals surface area (Å²) in [5.41, 5.74) is 1.29. The van der Waals surface area contributed by atoms with Crippen LogP contribution in [-0.4, -0.2) is 57.4 Å². The first-order valence-electron chi connectivity index (χ1n) is 14.2. The number of alkyl halides is 3. The van der Waals surface area contributed by atoms with Crippen LogP contribution in [0.4, 0.5) is 13.2 Å². The highest BCUT2D eigenvalue weighted by Crippen LogP contribution is 2.31. The number of aromatic nitrogens is 3. The summed E-state index contributed by atoms with van der Waals surface area (Å²) in [5.74, 6) is 1.13. The van der Waals surface area contributed by atoms with Gasteiger partial charge in [0.15, 0.2) is 11.0 Å². The smallest absolute Gasteiger partial charge is 0.416 e. The third-order valence-electron chi connectivity index (χ3n) is 7.57. The Labute approximate surface area is 257 Å². The zero-order valence-corrected chi connectivity index (χ0v) is 24.9. The molecule has 44 heavy (non-hydrogen) atoms. The van der Waals surface area contributed by atoms with E-state index in [9.17, 15) is 22.8 Å². The van der Waals surface area contributed by atoms with Gasteiger partial charge in [0.1, 0.15) is 5.75 Å². The van der Waals surface area contributed by atoms with Crippen molar-refractivity contribution in [1.29, 1.82) is 0 Å². The van der Waals surface area contributed by atoms with Crippen molar-refractivity contribution >= 4 is 23.6 Å². The van der Waals surface area contributed by atoms with Crippen LogP contribution in [-0.2, 0) is 23.9 Å². The summed E-state index contributed by atoms with van der Waals surface area (Å²) in [7, 11) is 1.53. The highest BCUT2D eigenvalue weighted by Gasteiger charge is 2.30. The normalized spacial score (nSPS) is 14.0. The summed E-state index contributed by atoms with van der Waals surface area (Å²) in [6, 6.07) is 21.5. The standard InChI is InChI=1S/C32H32F3N5O3S/c1-43-27-13-7-24(8-14-27)30(42)36-20-28-37-38-31(40(28)26-11-9-25(10-12-26)32(33,34)35)44-21-29(41)39-17-15-23(16-18-39)19-22-5-3-2-4-6-22/h2-14,23H,15-21H2,1H3,(H,36,42). The van der Waals surface area contributed by atoms with Crippen LogP contribution >= 0.6 is 11.8 Å². The Hall–Kier alpha value is -4.32. The molecular formula is C32H32F3N5O3S. The molecule has 0 bridgehead atoms. The van der Waals surface area contributed by atoms with E-state index in [0.29, 0.717) is 47.0 Å². The molecule has 1 aromatic heterocycles. The number of piperidine rings is 1. The monoisotopic (exact) mass is 623 g/mol. The van der Waals surface area contributed by atoms with Crippen molar-refractivity contribution in [3.05, 3.63) is 101 Å². The molecule has 230 valence electrons. The van der Waals surface area contributed by atoms with Crippen LogP contribution < -0.4 is 10.1 Å². The van der Waals surface area contributed by atoms with Gasteiger partial charge in [0.05, 0.1) is 25.0 Å². The van der Waals surface area contributed by atoms with Gasteiger partial charge in [0.2, 0.25) is 5.91 Å². The number of rotatable bonds is 10. The van der Waals surface area contributed by atoms with E-state index in [4.69, 9.17) is 4.74 Å². The largest absolute Gasteiger partial charge is 0.497 e. The molecule has 4 aromatic rings. The van der Waals surface area contributed by atoms with Gasteiger partial charge in [0.25, 0.3) is 5.91 Å². The Morgan fingerprint density at radius 2 is 1.64 bits per heavy atom. The number of methoxy groups -OCH3 is 1. The van der Waals surface area contributed by atoms with Crippen LogP contribution in [0.1, 0.15) is 40.2 Å². The van der Waals surface area contributed by atoms with E-state index < -0.39 is 11.7 Å². The summed E-state index contributed by atoms with van der Waals surface area (Å²) in [4.78, 5) is 27.7. The first-order chi connectivity index (χ1) is 21.2. The van der Waals surface area contributed by atoms with E-state index in [1.165, 1.54) is 24.8 Å². The van der Waals surface area contributed by atoms with Gasteiger partial charge in [-0.05, 0) is 79.3 Å². The zero-order valence-electron chi connectivity index (χ0n) is 24.1. The Balaban J connectivity index is 1.26. The Bertz CT molecular complexity index is 1550. The second-order valence-corrected chi connectivity index (χ2v) is 11.4. The van der Waals surface area contributed by atoms with E-state index in [-0.39, 0.29) is 24.1 Å². The van der Waals surface area contributed by atoms with Crippen LogP contribution in [0.2, 0.25) is 0 Å². The number of thioether (sulfide) groups is 1. The van der Waals surface area contributed by atoms with Crippen LogP contribution in [0.3, 0.4) is 0 Å². The second kappa shape index (κ2) is 14.0. The Kier molecular flexibility index (Phi) is 9.89. The quantitative estimate of drug-likeness (QED) is 0.225. The lowest BCUT2D eigenvalue weighted by atomic mass is 9.90. The van der Waals surface area contributed by atoms with Crippen LogP contribution in [0.25, 0.3) is 5.69 Å². The fraction of sp³-hybridized carbons (Fsp3) is 0.312. The summed E-state index contributed by atoms with van der Waals surface area (Å²) >= 11 is 1.16. The third-order valence-corrected chi connectivity index (χ3v) is 8.49. The number of hydrogen-bond acceptors (Lipinski definition) is 6. The number of likely N-dealkylation sites (tertiary alicyclic amines) is 1. The van der Waals surface area contributed by atoms with Gasteiger partial charge in [0, 0.05) is 24.3 Å². The Morgan fingerprint density at radius 3 is 2.27 bits per heavy atom. The molecule has 1 fully saturated rings. The molecule has 5 rings (SSSR count). The van der Waals surface area contributed by atoms with Gasteiger partial charge in [-0.3, -0.25) is 14.2 Å². The molecule has 0 saturated carbocycles. The maximum atomic E-state index is 13.2. The Morgan fingerprint density at radius 1 is 0.955 bits per heavy atom. The van der Waals surface area contributed by atoms with Crippen LogP contribution in [0.15, 0.2) is 84.0 Å². The lowest BCUT2D eigenvalue weighted by Gasteiger charge is -2.32. The van der Waals surface area contributed by atoms with Gasteiger partial charge in [-0.25, -0.2) is 0 Å². The van der Waals surface area contributed by atoms with Gasteiger partial charge in [-0.15, -0.1) is 10.2 Å². The molecule has 0 atom stereocenters. The van der Waals surface area contributed by atoms with E-state index >= 15 is 0 Å². The molecule has 3 aromatic carbocycles. The van der Waals surface area contributed by atoms with E-state index in [2.05, 4.69) is 27.6 Å². The molecule has 12 heteroatoms. The van der Waals surface area contributed by atoms with Crippen molar-refractivity contribution in [3.63, 3.8) is 0 Å². The van der Waals surface area contributed by atoms with Crippen molar-refractivity contribution < 1.29 is 27.5 Å². The minimum atomic E-state index is -4.49. The molecule has 1 saturated heterocycles. The predicted octanol–water partition coefficient (Wildman–Crippen LogP) is 5.80. The van der Waals surface area contributed by atoms with Crippen molar-refractivity contribution in [2.24, 2.45) is 5.92 Å². The maximum absolute atomic E-state index is 13.2. The summed E-state index contributed by atoms with van der Waals surface area (Å²) in [5, 5.41) is 11.6. The van der Waals surface area contributed by atoms with E-state index in [1.54, 1.807) is 28.8 Å². The number of nitrogens with zero attached hydrogens (tertiary/aromatic N) is 4. The fourth-order valence-electron chi connectivity index (χ4n) is 5.12. The summed E-state index contributed by atoms with van der Waals surface area (Å²) in [6.07, 6.45) is -1.65. The number of carbonyl (C=O) groups excluding carboxylic acids is 2. The van der Waals surface area contributed by atoms with Gasteiger partial charge in [-0.1, -0.05) is 42.1 Å². The van der Waals surface area contributed by atoms with Crippen molar-refractivity contribution in [3.8, 4) is 11.4 Å². The molecule has 0 unspecified atom stereocenters. The molecule has 2 amide bonds. The number of halogens is 3. The first-order valence-corrected chi connectivity index (χ1v) is 15.2. The van der Waals surface area contributed by atoms with Gasteiger partial charge < -0.3 is 15.0 Å². The SMILES string of the molecule is COc1ccc(C(=O)NCc2nnc(SCC(=O)N3CCC(Cc4ccccc4)CC3)n2-c2ccc(C(F)(F)F)cc2)cc1. The molecule has 0 spiro atoms.